The van der Waals surface area contributed by atoms with E-state index in [0.29, 0.717) is 36.7 Å². The third-order valence-electron chi connectivity index (χ3n) is 4.76. The van der Waals surface area contributed by atoms with Gasteiger partial charge in [0.1, 0.15) is 6.61 Å². The van der Waals surface area contributed by atoms with Crippen LogP contribution in [0.15, 0.2) is 4.52 Å². The monoisotopic (exact) mass is 395 g/mol. The number of nitrogens with one attached hydrogen (secondary N) is 3. The lowest BCUT2D eigenvalue weighted by Crippen LogP contribution is -2.41. The Morgan fingerprint density at radius 3 is 2.88 bits per heavy atom. The van der Waals surface area contributed by atoms with Gasteiger partial charge in [0.2, 0.25) is 11.8 Å². The van der Waals surface area contributed by atoms with Crippen molar-refractivity contribution in [3.8, 4) is 0 Å². The second-order valence-corrected chi connectivity index (χ2v) is 6.47. The van der Waals surface area contributed by atoms with Gasteiger partial charge in [0.15, 0.2) is 5.82 Å². The van der Waals surface area contributed by atoms with Gasteiger partial charge in [-0.2, -0.15) is 4.98 Å². The molecule has 1 aromatic rings. The van der Waals surface area contributed by atoms with Crippen molar-refractivity contribution in [3.05, 3.63) is 11.7 Å². The van der Waals surface area contributed by atoms with E-state index in [0.717, 1.165) is 38.9 Å². The molecule has 0 saturated carbocycles. The number of ether oxygens (including phenoxy) is 1. The maximum absolute atomic E-state index is 12.3. The minimum Gasteiger partial charge on any atom is -0.377 e. The minimum atomic E-state index is -0.0835. The van der Waals surface area contributed by atoms with E-state index in [-0.39, 0.29) is 36.8 Å². The topological polar surface area (TPSA) is 101 Å². The molecule has 2 aliphatic heterocycles. The molecule has 144 valence electrons. The number of carbonyl (C=O) groups excluding carboxylic acids is 1. The second kappa shape index (κ2) is 10.3. The number of hydrogen-bond acceptors (Lipinski definition) is 7. The van der Waals surface area contributed by atoms with Gasteiger partial charge in [0.05, 0.1) is 6.04 Å². The molecule has 1 atom stereocenters. The van der Waals surface area contributed by atoms with Crippen molar-refractivity contribution >= 4 is 30.7 Å². The fraction of sp³-hybridized carbons (Fsp3) is 0.800. The summed E-state index contributed by atoms with van der Waals surface area (Å²) >= 11 is 0. The summed E-state index contributed by atoms with van der Waals surface area (Å²) in [4.78, 5) is 16.5. The van der Waals surface area contributed by atoms with E-state index in [1.54, 1.807) is 7.11 Å². The van der Waals surface area contributed by atoms with Crippen LogP contribution in [0.25, 0.3) is 0 Å². The molecule has 3 heterocycles. The van der Waals surface area contributed by atoms with Gasteiger partial charge in [-0.3, -0.25) is 4.79 Å². The van der Waals surface area contributed by atoms with E-state index < -0.39 is 0 Å². The maximum atomic E-state index is 12.3. The number of nitrogens with zero attached hydrogens (tertiary/aromatic N) is 2. The van der Waals surface area contributed by atoms with Gasteiger partial charge in [0.25, 0.3) is 0 Å². The van der Waals surface area contributed by atoms with Crippen molar-refractivity contribution in [1.82, 2.24) is 26.1 Å². The summed E-state index contributed by atoms with van der Waals surface area (Å²) < 4.78 is 10.0. The summed E-state index contributed by atoms with van der Waals surface area (Å²) in [7, 11) is 1.58. The summed E-state index contributed by atoms with van der Waals surface area (Å²) in [6.45, 7) is 3.88. The zero-order valence-electron chi connectivity index (χ0n) is 14.4. The molecule has 1 unspecified atom stereocenters. The van der Waals surface area contributed by atoms with Gasteiger partial charge in [0, 0.05) is 26.6 Å². The minimum absolute atomic E-state index is 0. The molecule has 0 aliphatic carbocycles. The molecule has 10 heteroatoms. The lowest BCUT2D eigenvalue weighted by atomic mass is 9.77. The van der Waals surface area contributed by atoms with Gasteiger partial charge < -0.3 is 25.2 Å². The van der Waals surface area contributed by atoms with E-state index in [1.165, 1.54) is 0 Å². The Kier molecular flexibility index (Phi) is 9.09. The van der Waals surface area contributed by atoms with Gasteiger partial charge in [-0.25, -0.2) is 0 Å². The van der Waals surface area contributed by atoms with Crippen LogP contribution in [0.1, 0.15) is 31.0 Å². The molecular formula is C15H27Cl2N5O3. The zero-order valence-corrected chi connectivity index (χ0v) is 16.0. The Morgan fingerprint density at radius 2 is 2.16 bits per heavy atom. The molecule has 0 aromatic carbocycles. The number of halogens is 2. The smallest absolute Gasteiger partial charge is 0.237 e. The maximum Gasteiger partial charge on any atom is 0.237 e. The van der Waals surface area contributed by atoms with E-state index >= 15 is 0 Å². The van der Waals surface area contributed by atoms with Crippen LogP contribution in [0.2, 0.25) is 0 Å². The Labute approximate surface area is 160 Å². The first kappa shape index (κ1) is 22.1. The fourth-order valence-electron chi connectivity index (χ4n) is 3.44. The number of hydrogen-bond donors (Lipinski definition) is 3. The molecule has 2 fully saturated rings. The first-order chi connectivity index (χ1) is 11.2. The number of amides is 1. The van der Waals surface area contributed by atoms with E-state index in [9.17, 15) is 4.79 Å². The van der Waals surface area contributed by atoms with E-state index in [2.05, 4.69) is 26.1 Å². The Bertz CT molecular complexity index is 537. The van der Waals surface area contributed by atoms with Gasteiger partial charge in [-0.05, 0) is 37.8 Å². The van der Waals surface area contributed by atoms with Crippen molar-refractivity contribution in [2.45, 2.75) is 38.3 Å². The third-order valence-corrected chi connectivity index (χ3v) is 4.76. The first-order valence-electron chi connectivity index (χ1n) is 8.23. The molecule has 3 rings (SSSR count). The predicted octanol–water partition coefficient (Wildman–Crippen LogP) is 0.450. The molecule has 25 heavy (non-hydrogen) atoms. The van der Waals surface area contributed by atoms with Crippen molar-refractivity contribution in [2.75, 3.05) is 33.3 Å². The van der Waals surface area contributed by atoms with Crippen LogP contribution in [-0.4, -0.2) is 55.4 Å². The number of methoxy groups -OCH3 is 1. The molecule has 8 nitrogen and oxygen atoms in total. The highest BCUT2D eigenvalue weighted by Crippen LogP contribution is 2.37. The molecule has 2 saturated heterocycles. The van der Waals surface area contributed by atoms with E-state index in [4.69, 9.17) is 9.26 Å². The van der Waals surface area contributed by atoms with Crippen LogP contribution in [0, 0.1) is 5.41 Å². The summed E-state index contributed by atoms with van der Waals surface area (Å²) in [5.74, 6) is 1.11. The number of piperidine rings is 1. The lowest BCUT2D eigenvalue weighted by molar-refractivity contribution is -0.122. The van der Waals surface area contributed by atoms with Gasteiger partial charge >= 0.3 is 0 Å². The molecule has 1 aromatic heterocycles. The average molecular weight is 396 g/mol. The highest BCUT2D eigenvalue weighted by atomic mass is 35.5. The largest absolute Gasteiger partial charge is 0.377 e. The van der Waals surface area contributed by atoms with E-state index in [1.807, 2.05) is 0 Å². The predicted molar refractivity (Wildman–Crippen MR) is 97.2 cm³/mol. The second-order valence-electron chi connectivity index (χ2n) is 6.47. The average Bonchev–Trinajstić information content (AvgIpc) is 3.16. The Morgan fingerprint density at radius 1 is 1.40 bits per heavy atom. The van der Waals surface area contributed by atoms with Crippen LogP contribution < -0.4 is 16.0 Å². The van der Waals surface area contributed by atoms with Crippen molar-refractivity contribution in [1.29, 1.82) is 0 Å². The van der Waals surface area contributed by atoms with Crippen molar-refractivity contribution in [2.24, 2.45) is 5.41 Å². The van der Waals surface area contributed by atoms with Crippen LogP contribution in [0.4, 0.5) is 0 Å². The fourth-order valence-corrected chi connectivity index (χ4v) is 3.44. The summed E-state index contributed by atoms with van der Waals surface area (Å²) in [5.41, 5.74) is 0.300. The van der Waals surface area contributed by atoms with Crippen LogP contribution in [-0.2, 0) is 22.6 Å². The van der Waals surface area contributed by atoms with Crippen molar-refractivity contribution < 1.29 is 14.1 Å². The Hall–Kier alpha value is -0.930. The van der Waals surface area contributed by atoms with Crippen LogP contribution in [0.3, 0.4) is 0 Å². The lowest BCUT2D eigenvalue weighted by Gasteiger charge is -2.33. The van der Waals surface area contributed by atoms with Gasteiger partial charge in [-0.1, -0.05) is 5.16 Å². The molecule has 1 spiro atoms. The molecule has 0 radical (unpaired) electrons. The summed E-state index contributed by atoms with van der Waals surface area (Å²) in [6.07, 6.45) is 3.76. The first-order valence-corrected chi connectivity index (χ1v) is 8.23. The van der Waals surface area contributed by atoms with Crippen LogP contribution in [0.5, 0.6) is 0 Å². The number of aromatic nitrogens is 2. The SMILES string of the molecule is COCc1noc(CCNC(=O)C2CC3(CCNCC3)CN2)n1.Cl.Cl. The summed E-state index contributed by atoms with van der Waals surface area (Å²) in [6, 6.07) is -0.0835. The highest BCUT2D eigenvalue weighted by Gasteiger charge is 2.41. The number of rotatable bonds is 6. The molecule has 1 amide bonds. The van der Waals surface area contributed by atoms with Crippen LogP contribution >= 0.6 is 24.8 Å². The standard InChI is InChI=1S/C15H25N5O3.2ClH/c1-22-9-12-19-13(23-20-12)2-5-17-14(21)11-8-15(10-18-11)3-6-16-7-4-15;;/h11,16,18H,2-10H2,1H3,(H,17,21);2*1H. The highest BCUT2D eigenvalue weighted by molar-refractivity contribution is 5.85. The molecular weight excluding hydrogens is 369 g/mol. The normalized spacial score (nSPS) is 21.4. The zero-order chi connectivity index (χ0) is 16.1. The number of carbonyl (C=O) groups is 1. The third kappa shape index (κ3) is 5.79. The molecule has 0 bridgehead atoms. The summed E-state index contributed by atoms with van der Waals surface area (Å²) in [5, 5.41) is 13.5. The Balaban J connectivity index is 0.00000156. The van der Waals surface area contributed by atoms with Crippen molar-refractivity contribution in [3.63, 3.8) is 0 Å². The molecule has 3 N–H and O–H groups in total. The quantitative estimate of drug-likeness (QED) is 0.642. The van der Waals surface area contributed by atoms with Gasteiger partial charge in [-0.15, -0.1) is 24.8 Å². The molecule has 2 aliphatic rings.